The van der Waals surface area contributed by atoms with Crippen LogP contribution in [0.4, 0.5) is 0 Å². The molecular weight excluding hydrogens is 228 g/mol. The molecule has 2 N–H and O–H groups in total. The predicted molar refractivity (Wildman–Crippen MR) is 68.2 cm³/mol. The molecule has 1 aromatic heterocycles. The molecule has 4 heteroatoms. The Kier molecular flexibility index (Phi) is 2.72. The van der Waals surface area contributed by atoms with Crippen molar-refractivity contribution in [3.63, 3.8) is 0 Å². The maximum Gasteiger partial charge on any atom is 0.252 e. The Labute approximate surface area is 105 Å². The molecule has 1 aliphatic carbocycles. The number of benzene rings is 1. The predicted octanol–water partition coefficient (Wildman–Crippen LogP) is 1.49. The molecule has 0 atom stereocenters. The van der Waals surface area contributed by atoms with Crippen LogP contribution >= 0.6 is 0 Å². The van der Waals surface area contributed by atoms with E-state index >= 15 is 0 Å². The van der Waals surface area contributed by atoms with Crippen LogP contribution in [0.15, 0.2) is 36.5 Å². The molecule has 1 amide bonds. The number of para-hydroxylation sites is 1. The summed E-state index contributed by atoms with van der Waals surface area (Å²) in [5.41, 5.74) is 1.46. The van der Waals surface area contributed by atoms with Gasteiger partial charge in [0.05, 0.1) is 17.2 Å². The minimum Gasteiger partial charge on any atom is -0.393 e. The average molecular weight is 242 g/mol. The molecule has 1 aromatic carbocycles. The minimum atomic E-state index is -0.260. The van der Waals surface area contributed by atoms with E-state index in [1.165, 1.54) is 0 Å². The molecule has 0 aliphatic heterocycles. The molecule has 0 saturated heterocycles. The first-order valence-electron chi connectivity index (χ1n) is 6.07. The van der Waals surface area contributed by atoms with E-state index in [-0.39, 0.29) is 18.1 Å². The second kappa shape index (κ2) is 4.38. The molecule has 0 bridgehead atoms. The summed E-state index contributed by atoms with van der Waals surface area (Å²) in [7, 11) is 0. The molecule has 2 aromatic rings. The fourth-order valence-electron chi connectivity index (χ4n) is 2.26. The number of hydrogen-bond acceptors (Lipinski definition) is 3. The van der Waals surface area contributed by atoms with Crippen LogP contribution < -0.4 is 5.32 Å². The Morgan fingerprint density at radius 2 is 2.06 bits per heavy atom. The van der Waals surface area contributed by atoms with Gasteiger partial charge in [0.25, 0.3) is 5.91 Å². The van der Waals surface area contributed by atoms with Crippen molar-refractivity contribution in [2.45, 2.75) is 25.0 Å². The Bertz CT molecular complexity index is 586. The van der Waals surface area contributed by atoms with Crippen LogP contribution in [0.25, 0.3) is 10.9 Å². The zero-order chi connectivity index (χ0) is 12.5. The number of aromatic nitrogens is 1. The summed E-state index contributed by atoms with van der Waals surface area (Å²) < 4.78 is 0. The van der Waals surface area contributed by atoms with Crippen LogP contribution in [0.1, 0.15) is 23.2 Å². The lowest BCUT2D eigenvalue weighted by atomic mass is 9.89. The normalized spacial score (nSPS) is 22.5. The lowest BCUT2D eigenvalue weighted by molar-refractivity contribution is 0.0563. The molecule has 1 fully saturated rings. The summed E-state index contributed by atoms with van der Waals surface area (Å²) in [5.74, 6) is -0.0921. The van der Waals surface area contributed by atoms with Gasteiger partial charge in [0.15, 0.2) is 0 Å². The van der Waals surface area contributed by atoms with Gasteiger partial charge in [0, 0.05) is 17.6 Å². The van der Waals surface area contributed by atoms with E-state index < -0.39 is 0 Å². The highest BCUT2D eigenvalue weighted by Crippen LogP contribution is 2.21. The Morgan fingerprint density at radius 1 is 1.28 bits per heavy atom. The van der Waals surface area contributed by atoms with E-state index in [2.05, 4.69) is 10.3 Å². The number of rotatable bonds is 2. The summed E-state index contributed by atoms with van der Waals surface area (Å²) in [6, 6.07) is 9.41. The molecule has 1 heterocycles. The van der Waals surface area contributed by atoms with E-state index in [0.29, 0.717) is 18.4 Å². The molecule has 0 unspecified atom stereocenters. The number of pyridine rings is 1. The molecule has 1 saturated carbocycles. The van der Waals surface area contributed by atoms with Gasteiger partial charge in [0.2, 0.25) is 0 Å². The molecule has 1 aliphatic rings. The Balaban J connectivity index is 1.87. The number of hydrogen-bond donors (Lipinski definition) is 2. The van der Waals surface area contributed by atoms with Crippen molar-refractivity contribution in [1.82, 2.24) is 10.3 Å². The zero-order valence-electron chi connectivity index (χ0n) is 9.84. The highest BCUT2D eigenvalue weighted by Gasteiger charge is 2.28. The van der Waals surface area contributed by atoms with Crippen molar-refractivity contribution in [3.8, 4) is 0 Å². The second-order valence-corrected chi connectivity index (χ2v) is 4.67. The van der Waals surface area contributed by atoms with Crippen LogP contribution in [0.3, 0.4) is 0 Å². The lowest BCUT2D eigenvalue weighted by Gasteiger charge is -2.32. The van der Waals surface area contributed by atoms with Gasteiger partial charge in [-0.2, -0.15) is 0 Å². The van der Waals surface area contributed by atoms with Gasteiger partial charge in [0.1, 0.15) is 0 Å². The minimum absolute atomic E-state index is 0.0921. The molecule has 0 spiro atoms. The first kappa shape index (κ1) is 11.2. The van der Waals surface area contributed by atoms with Gasteiger partial charge in [-0.3, -0.25) is 9.78 Å². The third-order valence-corrected chi connectivity index (χ3v) is 3.34. The number of amides is 1. The van der Waals surface area contributed by atoms with E-state index in [1.54, 1.807) is 12.3 Å². The van der Waals surface area contributed by atoms with E-state index in [4.69, 9.17) is 0 Å². The van der Waals surface area contributed by atoms with Crippen molar-refractivity contribution in [1.29, 1.82) is 0 Å². The maximum absolute atomic E-state index is 12.1. The summed E-state index contributed by atoms with van der Waals surface area (Å²) in [5, 5.41) is 13.0. The van der Waals surface area contributed by atoms with Crippen molar-refractivity contribution in [3.05, 3.63) is 42.1 Å². The Hall–Kier alpha value is -1.94. The van der Waals surface area contributed by atoms with E-state index in [9.17, 15) is 9.90 Å². The van der Waals surface area contributed by atoms with E-state index in [1.807, 2.05) is 24.3 Å². The average Bonchev–Trinajstić information content (AvgIpc) is 2.36. The smallest absolute Gasteiger partial charge is 0.252 e. The van der Waals surface area contributed by atoms with Crippen molar-refractivity contribution in [2.24, 2.45) is 0 Å². The molecule has 18 heavy (non-hydrogen) atoms. The van der Waals surface area contributed by atoms with E-state index in [0.717, 1.165) is 10.9 Å². The number of carbonyl (C=O) groups excluding carboxylic acids is 1. The monoisotopic (exact) mass is 242 g/mol. The summed E-state index contributed by atoms with van der Waals surface area (Å²) in [6.07, 6.45) is 2.68. The van der Waals surface area contributed by atoms with Gasteiger partial charge in [-0.05, 0) is 25.0 Å². The quantitative estimate of drug-likeness (QED) is 0.838. The van der Waals surface area contributed by atoms with Crippen LogP contribution in [0, 0.1) is 0 Å². The van der Waals surface area contributed by atoms with Crippen LogP contribution in [-0.2, 0) is 0 Å². The Morgan fingerprint density at radius 3 is 2.83 bits per heavy atom. The van der Waals surface area contributed by atoms with Crippen molar-refractivity contribution < 1.29 is 9.90 Å². The summed E-state index contributed by atoms with van der Waals surface area (Å²) >= 11 is 0. The van der Waals surface area contributed by atoms with Gasteiger partial charge in [-0.15, -0.1) is 0 Å². The number of nitrogens with one attached hydrogen (secondary N) is 1. The van der Waals surface area contributed by atoms with Crippen LogP contribution in [0.5, 0.6) is 0 Å². The van der Waals surface area contributed by atoms with Gasteiger partial charge >= 0.3 is 0 Å². The molecule has 4 nitrogen and oxygen atoms in total. The third-order valence-electron chi connectivity index (χ3n) is 3.34. The zero-order valence-corrected chi connectivity index (χ0v) is 9.84. The second-order valence-electron chi connectivity index (χ2n) is 4.67. The molecule has 3 rings (SSSR count). The molecule has 92 valence electrons. The van der Waals surface area contributed by atoms with Crippen LogP contribution in [0.2, 0.25) is 0 Å². The number of aliphatic hydroxyl groups is 1. The molecule has 0 radical (unpaired) electrons. The number of nitrogens with zero attached hydrogens (tertiary/aromatic N) is 1. The fraction of sp³-hybridized carbons (Fsp3) is 0.286. The number of fused-ring (bicyclic) bond motifs is 1. The SMILES string of the molecule is O=C(NC1CC(O)C1)c1ccnc2ccccc12. The van der Waals surface area contributed by atoms with Crippen molar-refractivity contribution >= 4 is 16.8 Å². The highest BCUT2D eigenvalue weighted by atomic mass is 16.3. The number of aliphatic hydroxyl groups excluding tert-OH is 1. The van der Waals surface area contributed by atoms with Gasteiger partial charge in [-0.1, -0.05) is 18.2 Å². The first-order chi connectivity index (χ1) is 8.74. The summed E-state index contributed by atoms with van der Waals surface area (Å²) in [4.78, 5) is 16.4. The first-order valence-corrected chi connectivity index (χ1v) is 6.07. The van der Waals surface area contributed by atoms with Crippen LogP contribution in [-0.4, -0.2) is 28.1 Å². The van der Waals surface area contributed by atoms with Crippen molar-refractivity contribution in [2.75, 3.05) is 0 Å². The number of carbonyl (C=O) groups is 1. The van der Waals surface area contributed by atoms with Gasteiger partial charge in [-0.25, -0.2) is 0 Å². The standard InChI is InChI=1S/C14H14N2O2/c17-10-7-9(8-10)16-14(18)12-5-6-15-13-4-2-1-3-11(12)13/h1-6,9-10,17H,7-8H2,(H,16,18). The largest absolute Gasteiger partial charge is 0.393 e. The highest BCUT2D eigenvalue weighted by molar-refractivity contribution is 6.06. The summed E-state index contributed by atoms with van der Waals surface area (Å²) in [6.45, 7) is 0. The maximum atomic E-state index is 12.1. The van der Waals surface area contributed by atoms with Gasteiger partial charge < -0.3 is 10.4 Å². The third kappa shape index (κ3) is 1.95. The topological polar surface area (TPSA) is 62.2 Å². The molecular formula is C14H14N2O2. The fourth-order valence-corrected chi connectivity index (χ4v) is 2.26. The lowest BCUT2D eigenvalue weighted by Crippen LogP contribution is -2.46.